The zero-order valence-electron chi connectivity index (χ0n) is 26.1. The molecule has 47 heavy (non-hydrogen) atoms. The van der Waals surface area contributed by atoms with Gasteiger partial charge in [-0.25, -0.2) is 4.98 Å². The van der Waals surface area contributed by atoms with Gasteiger partial charge in [-0.15, -0.1) is 15.6 Å². The summed E-state index contributed by atoms with van der Waals surface area (Å²) in [6.45, 7) is 6.79. The number of ether oxygens (including phenoxy) is 1. The van der Waals surface area contributed by atoms with Gasteiger partial charge in [0.2, 0.25) is 0 Å². The molecule has 4 heterocycles. The summed E-state index contributed by atoms with van der Waals surface area (Å²) < 4.78 is 41.9. The Kier molecular flexibility index (Phi) is 8.67. The minimum absolute atomic E-state index is 0.117. The third kappa shape index (κ3) is 6.78. The van der Waals surface area contributed by atoms with Gasteiger partial charge in [0.25, 0.3) is 11.8 Å². The molecule has 2 saturated heterocycles. The number of amidine groups is 1. The molecule has 7 N–H and O–H groups in total. The number of aryl methyl sites for hydroxylation is 1. The summed E-state index contributed by atoms with van der Waals surface area (Å²) in [6.07, 6.45) is 3.67. The monoisotopic (exact) mass is 690 g/mol. The summed E-state index contributed by atoms with van der Waals surface area (Å²) in [5.74, 6) is -0.481. The number of amides is 2. The number of oxime groups is 1. The molecule has 3 unspecified atom stereocenters. The van der Waals surface area contributed by atoms with Crippen molar-refractivity contribution >= 4 is 50.2 Å². The van der Waals surface area contributed by atoms with Crippen LogP contribution in [0.3, 0.4) is 0 Å². The van der Waals surface area contributed by atoms with Crippen LogP contribution in [0.5, 0.6) is 5.75 Å². The fourth-order valence-corrected chi connectivity index (χ4v) is 7.57. The fraction of sp³-hybridized carbons (Fsp3) is 0.552. The molecule has 1 saturated carbocycles. The first-order valence-electron chi connectivity index (χ1n) is 15.3. The number of benzene rings is 1. The van der Waals surface area contributed by atoms with Crippen molar-refractivity contribution in [1.82, 2.24) is 20.7 Å². The van der Waals surface area contributed by atoms with E-state index in [9.17, 15) is 18.0 Å². The minimum Gasteiger partial charge on any atom is -0.486 e. The number of carbonyl (C=O) groups is 2. The van der Waals surface area contributed by atoms with E-state index in [4.69, 9.17) is 30.6 Å². The Bertz CT molecular complexity index is 1730. The summed E-state index contributed by atoms with van der Waals surface area (Å²) in [5, 5.41) is 12.2. The fourth-order valence-electron chi connectivity index (χ4n) is 6.57. The number of hydroxylamine groups is 2. The van der Waals surface area contributed by atoms with Gasteiger partial charge in [0, 0.05) is 17.5 Å². The van der Waals surface area contributed by atoms with Crippen molar-refractivity contribution in [3.05, 3.63) is 40.4 Å². The predicted molar refractivity (Wildman–Crippen MR) is 172 cm³/mol. The Morgan fingerprint density at radius 1 is 1.34 bits per heavy atom. The summed E-state index contributed by atoms with van der Waals surface area (Å²) >= 11 is 1.08. The molecule has 18 heteroatoms. The molecule has 0 bridgehead atoms. The van der Waals surface area contributed by atoms with Gasteiger partial charge in [-0.2, -0.15) is 13.5 Å². The third-order valence-electron chi connectivity index (χ3n) is 9.26. The number of hydrogen-bond acceptors (Lipinski definition) is 13. The smallest absolute Gasteiger partial charge is 0.418 e. The van der Waals surface area contributed by atoms with Gasteiger partial charge in [-0.05, 0) is 88.6 Å². The number of anilines is 1. The number of β-lactam (4-membered cyclic amide) rings is 1. The Morgan fingerprint density at radius 3 is 2.74 bits per heavy atom. The van der Waals surface area contributed by atoms with Gasteiger partial charge in [0.1, 0.15) is 29.4 Å². The highest BCUT2D eigenvalue weighted by molar-refractivity contribution is 7.80. The van der Waals surface area contributed by atoms with Crippen molar-refractivity contribution in [3.63, 3.8) is 0 Å². The van der Waals surface area contributed by atoms with Gasteiger partial charge < -0.3 is 31.7 Å². The Hall–Kier alpha value is -3.84. The molecule has 4 aliphatic rings. The van der Waals surface area contributed by atoms with Crippen molar-refractivity contribution in [1.29, 1.82) is 0 Å². The average molecular weight is 691 g/mol. The van der Waals surface area contributed by atoms with Crippen molar-refractivity contribution < 1.29 is 36.4 Å². The highest BCUT2D eigenvalue weighted by Gasteiger charge is 2.58. The Morgan fingerprint density at radius 2 is 2.11 bits per heavy atom. The summed E-state index contributed by atoms with van der Waals surface area (Å²) in [4.78, 5) is 40.6. The normalized spacial score (nSPS) is 27.8. The molecule has 2 aromatic rings. The van der Waals surface area contributed by atoms with Crippen LogP contribution in [-0.2, 0) is 35.5 Å². The van der Waals surface area contributed by atoms with Crippen LogP contribution in [0.4, 0.5) is 5.13 Å². The third-order valence-corrected chi connectivity index (χ3v) is 10.3. The molecular weight excluding hydrogens is 653 g/mol. The second-order valence-corrected chi connectivity index (χ2v) is 14.9. The van der Waals surface area contributed by atoms with E-state index in [1.54, 1.807) is 6.92 Å². The SMILES string of the molecule is CC(O/N=C(\C(=O)NC1C(=O)N(OS(=O)(=O)O)C1(C)C)c1csc(N)n1)C1CCc2cc(C(N)=NC3CC4(CCNC4)C3)ccc2O1. The van der Waals surface area contributed by atoms with Crippen LogP contribution >= 0.6 is 11.3 Å². The molecule has 1 spiro atoms. The van der Waals surface area contributed by atoms with Crippen molar-refractivity contribution in [2.24, 2.45) is 21.3 Å². The predicted octanol–water partition coefficient (Wildman–Crippen LogP) is 0.916. The van der Waals surface area contributed by atoms with E-state index in [0.717, 1.165) is 48.4 Å². The minimum atomic E-state index is -4.96. The van der Waals surface area contributed by atoms with Crippen LogP contribution in [0.2, 0.25) is 0 Å². The van der Waals surface area contributed by atoms with Crippen molar-refractivity contribution in [2.75, 3.05) is 18.8 Å². The topological polar surface area (TPSA) is 233 Å². The molecule has 1 aromatic carbocycles. The number of rotatable bonds is 10. The van der Waals surface area contributed by atoms with E-state index < -0.39 is 46.0 Å². The highest BCUT2D eigenvalue weighted by atomic mass is 32.3. The molecule has 6 rings (SSSR count). The number of nitrogens with zero attached hydrogens (tertiary/aromatic N) is 4. The van der Waals surface area contributed by atoms with Crippen LogP contribution in [0.1, 0.15) is 63.3 Å². The zero-order chi connectivity index (χ0) is 33.7. The lowest BCUT2D eigenvalue weighted by Crippen LogP contribution is -2.76. The van der Waals surface area contributed by atoms with E-state index in [1.165, 1.54) is 25.6 Å². The second kappa shape index (κ2) is 12.3. The Balaban J connectivity index is 1.10. The average Bonchev–Trinajstić information content (AvgIpc) is 3.67. The molecule has 1 aliphatic carbocycles. The maximum absolute atomic E-state index is 13.3. The van der Waals surface area contributed by atoms with E-state index in [1.807, 2.05) is 18.2 Å². The van der Waals surface area contributed by atoms with Gasteiger partial charge in [0.05, 0.1) is 11.6 Å². The number of nitrogens with one attached hydrogen (secondary N) is 2. The molecule has 0 radical (unpaired) electrons. The largest absolute Gasteiger partial charge is 0.486 e. The zero-order valence-corrected chi connectivity index (χ0v) is 27.8. The lowest BCUT2D eigenvalue weighted by molar-refractivity contribution is -0.218. The van der Waals surface area contributed by atoms with E-state index in [2.05, 4.69) is 25.1 Å². The van der Waals surface area contributed by atoms with E-state index >= 15 is 0 Å². The van der Waals surface area contributed by atoms with Gasteiger partial charge in [-0.3, -0.25) is 19.1 Å². The van der Waals surface area contributed by atoms with Crippen LogP contribution in [0, 0.1) is 5.41 Å². The van der Waals surface area contributed by atoms with E-state index in [-0.39, 0.29) is 22.6 Å². The number of nitrogens with two attached hydrogens (primary N) is 2. The first-order valence-corrected chi connectivity index (χ1v) is 17.5. The van der Waals surface area contributed by atoms with Crippen LogP contribution in [-0.4, -0.2) is 89.3 Å². The number of aliphatic imine (C=N–C) groups is 1. The Labute approximate surface area is 275 Å². The molecular formula is C29H38N8O8S2. The van der Waals surface area contributed by atoms with Crippen LogP contribution < -0.4 is 26.8 Å². The van der Waals surface area contributed by atoms with E-state index in [0.29, 0.717) is 34.9 Å². The number of carbonyl (C=O) groups excluding carboxylic acids is 2. The molecule has 3 fully saturated rings. The summed E-state index contributed by atoms with van der Waals surface area (Å²) in [7, 11) is -4.96. The second-order valence-electron chi connectivity index (χ2n) is 13.0. The number of fused-ring (bicyclic) bond motifs is 1. The molecule has 16 nitrogen and oxygen atoms in total. The first kappa shape index (κ1) is 33.1. The quantitative estimate of drug-likeness (QED) is 0.0770. The molecule has 3 atom stereocenters. The van der Waals surface area contributed by atoms with Gasteiger partial charge >= 0.3 is 10.4 Å². The van der Waals surface area contributed by atoms with Crippen molar-refractivity contribution in [3.8, 4) is 5.75 Å². The lowest BCUT2D eigenvalue weighted by atomic mass is 9.65. The van der Waals surface area contributed by atoms with Crippen molar-refractivity contribution in [2.45, 2.75) is 82.7 Å². The molecule has 254 valence electrons. The maximum Gasteiger partial charge on any atom is 0.418 e. The number of thiazole rings is 1. The summed E-state index contributed by atoms with van der Waals surface area (Å²) in [5.41, 5.74) is 13.0. The summed E-state index contributed by atoms with van der Waals surface area (Å²) in [6, 6.07) is 4.84. The number of aromatic nitrogens is 1. The van der Waals surface area contributed by atoms with Gasteiger partial charge in [-0.1, -0.05) is 5.16 Å². The molecule has 1 aromatic heterocycles. The van der Waals surface area contributed by atoms with Crippen LogP contribution in [0.15, 0.2) is 33.7 Å². The molecule has 2 amide bonds. The highest BCUT2D eigenvalue weighted by Crippen LogP contribution is 2.47. The van der Waals surface area contributed by atoms with Gasteiger partial charge in [0.15, 0.2) is 16.9 Å². The van der Waals surface area contributed by atoms with Crippen LogP contribution in [0.25, 0.3) is 0 Å². The number of nitrogen functional groups attached to an aromatic ring is 1. The molecule has 3 aliphatic heterocycles. The lowest BCUT2D eigenvalue weighted by Gasteiger charge is -2.50. The first-order chi connectivity index (χ1) is 22.1. The standard InChI is InChI=1S/C29H38N8O8S2/c1-15(20-6-4-16-10-17(5-7-21(16)43-20)24(30)33-18-11-29(12-18)8-9-32-14-29)44-36-22(19-13-46-27(31)34-19)25(38)35-23-26(39)37(28(23,2)3)45-47(40,41)42/h5,7,10,13,15,18,20,23,32H,4,6,8-9,11-12,14H2,1-3H3,(H2,30,33)(H2,31,34)(H,35,38)(H,40,41,42)/b36-22-. The maximum atomic E-state index is 13.3. The number of hydrogen-bond donors (Lipinski definition) is 5.